The molecular formula is C19H33N3O2. The van der Waals surface area contributed by atoms with E-state index >= 15 is 0 Å². The molecule has 0 aliphatic carbocycles. The molecule has 5 nitrogen and oxygen atoms in total. The molecule has 1 aliphatic rings. The van der Waals surface area contributed by atoms with Gasteiger partial charge in [-0.1, -0.05) is 13.0 Å². The predicted molar refractivity (Wildman–Crippen MR) is 98.9 cm³/mol. The van der Waals surface area contributed by atoms with Crippen LogP contribution >= 0.6 is 0 Å². The predicted octanol–water partition coefficient (Wildman–Crippen LogP) is 2.51. The molecule has 1 aliphatic heterocycles. The van der Waals surface area contributed by atoms with Crippen molar-refractivity contribution in [2.24, 2.45) is 5.73 Å². The summed E-state index contributed by atoms with van der Waals surface area (Å²) in [5, 5.41) is 0. The van der Waals surface area contributed by atoms with E-state index in [0.717, 1.165) is 37.7 Å². The first-order valence-corrected chi connectivity index (χ1v) is 9.22. The van der Waals surface area contributed by atoms with Crippen molar-refractivity contribution < 1.29 is 9.47 Å². The Kier molecular flexibility index (Phi) is 7.34. The van der Waals surface area contributed by atoms with Crippen molar-refractivity contribution in [1.29, 1.82) is 0 Å². The van der Waals surface area contributed by atoms with Crippen LogP contribution in [0.1, 0.15) is 39.3 Å². The largest absolute Gasteiger partial charge is 0.490 e. The van der Waals surface area contributed by atoms with E-state index in [1.54, 1.807) is 0 Å². The second-order valence-corrected chi connectivity index (χ2v) is 6.30. The van der Waals surface area contributed by atoms with Gasteiger partial charge in [-0.2, -0.15) is 0 Å². The van der Waals surface area contributed by atoms with Crippen molar-refractivity contribution >= 4 is 0 Å². The zero-order chi connectivity index (χ0) is 17.5. The molecule has 0 spiro atoms. The van der Waals surface area contributed by atoms with Crippen molar-refractivity contribution in [2.45, 2.75) is 39.8 Å². The van der Waals surface area contributed by atoms with Crippen LogP contribution in [0.2, 0.25) is 0 Å². The fourth-order valence-corrected chi connectivity index (χ4v) is 3.55. The second-order valence-electron chi connectivity index (χ2n) is 6.30. The number of rotatable bonds is 8. The van der Waals surface area contributed by atoms with Gasteiger partial charge in [-0.3, -0.25) is 9.80 Å². The summed E-state index contributed by atoms with van der Waals surface area (Å²) in [5.41, 5.74) is 7.35. The van der Waals surface area contributed by atoms with Crippen LogP contribution in [0.15, 0.2) is 18.2 Å². The monoisotopic (exact) mass is 335 g/mol. The van der Waals surface area contributed by atoms with Crippen LogP contribution in [0.3, 0.4) is 0 Å². The fraction of sp³-hybridized carbons (Fsp3) is 0.684. The number of piperazine rings is 1. The Bertz CT molecular complexity index is 509. The molecule has 1 heterocycles. The van der Waals surface area contributed by atoms with E-state index in [4.69, 9.17) is 15.2 Å². The number of nitrogens with zero attached hydrogens (tertiary/aromatic N) is 2. The number of benzene rings is 1. The van der Waals surface area contributed by atoms with Crippen LogP contribution in [-0.4, -0.2) is 61.8 Å². The SMILES string of the molecule is CCOc1ccc(C(CN)N2CCN(CC)C(C)C2)cc1OCC. The van der Waals surface area contributed by atoms with Gasteiger partial charge in [-0.05, 0) is 45.0 Å². The minimum absolute atomic E-state index is 0.223. The Morgan fingerprint density at radius 1 is 1.12 bits per heavy atom. The average molecular weight is 335 g/mol. The molecule has 1 saturated heterocycles. The molecule has 5 heteroatoms. The zero-order valence-corrected chi connectivity index (χ0v) is 15.6. The van der Waals surface area contributed by atoms with E-state index in [0.29, 0.717) is 25.8 Å². The highest BCUT2D eigenvalue weighted by Gasteiger charge is 2.28. The summed E-state index contributed by atoms with van der Waals surface area (Å²) in [4.78, 5) is 5.02. The third-order valence-corrected chi connectivity index (χ3v) is 4.82. The Hall–Kier alpha value is -1.30. The summed E-state index contributed by atoms with van der Waals surface area (Å²) in [6.07, 6.45) is 0. The molecule has 0 saturated carbocycles. The Morgan fingerprint density at radius 2 is 1.83 bits per heavy atom. The number of ether oxygens (including phenoxy) is 2. The normalized spacial score (nSPS) is 20.8. The summed E-state index contributed by atoms with van der Waals surface area (Å²) in [6, 6.07) is 7.02. The molecule has 1 fully saturated rings. The third-order valence-electron chi connectivity index (χ3n) is 4.82. The van der Waals surface area contributed by atoms with E-state index in [9.17, 15) is 0 Å². The van der Waals surface area contributed by atoms with Gasteiger partial charge in [0.2, 0.25) is 0 Å². The first-order chi connectivity index (χ1) is 11.6. The first kappa shape index (κ1) is 19.0. The molecule has 2 unspecified atom stereocenters. The van der Waals surface area contributed by atoms with Gasteiger partial charge in [-0.15, -0.1) is 0 Å². The van der Waals surface area contributed by atoms with Crippen molar-refractivity contribution in [1.82, 2.24) is 9.80 Å². The smallest absolute Gasteiger partial charge is 0.161 e. The summed E-state index contributed by atoms with van der Waals surface area (Å²) in [5.74, 6) is 1.62. The summed E-state index contributed by atoms with van der Waals surface area (Å²) >= 11 is 0. The number of nitrogens with two attached hydrogens (primary N) is 1. The topological polar surface area (TPSA) is 51.0 Å². The van der Waals surface area contributed by atoms with Gasteiger partial charge in [-0.25, -0.2) is 0 Å². The van der Waals surface area contributed by atoms with Gasteiger partial charge >= 0.3 is 0 Å². The molecule has 136 valence electrons. The lowest BCUT2D eigenvalue weighted by Gasteiger charge is -2.43. The standard InChI is InChI=1S/C19H33N3O2/c1-5-21-10-11-22(14-15(21)4)17(13-20)16-8-9-18(23-6-2)19(12-16)24-7-3/h8-9,12,15,17H,5-7,10-11,13-14,20H2,1-4H3. The maximum absolute atomic E-state index is 6.14. The quantitative estimate of drug-likeness (QED) is 0.791. The number of likely N-dealkylation sites (N-methyl/N-ethyl adjacent to an activating group) is 1. The molecule has 0 amide bonds. The zero-order valence-electron chi connectivity index (χ0n) is 15.6. The molecule has 2 atom stereocenters. The highest BCUT2D eigenvalue weighted by molar-refractivity contribution is 5.44. The van der Waals surface area contributed by atoms with Gasteiger partial charge in [0.15, 0.2) is 11.5 Å². The van der Waals surface area contributed by atoms with Crippen molar-refractivity contribution in [2.75, 3.05) is 45.9 Å². The van der Waals surface area contributed by atoms with E-state index < -0.39 is 0 Å². The lowest BCUT2D eigenvalue weighted by molar-refractivity contribution is 0.0605. The van der Waals surface area contributed by atoms with Crippen LogP contribution in [0.25, 0.3) is 0 Å². The fourth-order valence-electron chi connectivity index (χ4n) is 3.55. The van der Waals surface area contributed by atoms with Crippen LogP contribution in [0.5, 0.6) is 11.5 Å². The average Bonchev–Trinajstić information content (AvgIpc) is 2.58. The van der Waals surface area contributed by atoms with Gasteiger partial charge < -0.3 is 15.2 Å². The molecule has 24 heavy (non-hydrogen) atoms. The van der Waals surface area contributed by atoms with E-state index in [-0.39, 0.29) is 6.04 Å². The van der Waals surface area contributed by atoms with Crippen LogP contribution in [0, 0.1) is 0 Å². The molecular weight excluding hydrogens is 302 g/mol. The van der Waals surface area contributed by atoms with Gasteiger partial charge in [0, 0.05) is 38.3 Å². The molecule has 2 rings (SSSR count). The van der Waals surface area contributed by atoms with Gasteiger partial charge in [0.25, 0.3) is 0 Å². The van der Waals surface area contributed by atoms with E-state index in [1.807, 2.05) is 19.9 Å². The maximum Gasteiger partial charge on any atom is 0.161 e. The summed E-state index contributed by atoms with van der Waals surface area (Å²) in [7, 11) is 0. The highest BCUT2D eigenvalue weighted by atomic mass is 16.5. The van der Waals surface area contributed by atoms with Crippen LogP contribution in [0.4, 0.5) is 0 Å². The van der Waals surface area contributed by atoms with Crippen molar-refractivity contribution in [3.8, 4) is 11.5 Å². The molecule has 0 bridgehead atoms. The van der Waals surface area contributed by atoms with Crippen molar-refractivity contribution in [3.63, 3.8) is 0 Å². The molecule has 1 aromatic rings. The Balaban J connectivity index is 2.19. The second kappa shape index (κ2) is 9.25. The Labute approximate surface area is 146 Å². The first-order valence-electron chi connectivity index (χ1n) is 9.22. The lowest BCUT2D eigenvalue weighted by atomic mass is 10.0. The van der Waals surface area contributed by atoms with E-state index in [1.165, 1.54) is 5.56 Å². The highest BCUT2D eigenvalue weighted by Crippen LogP contribution is 2.33. The summed E-state index contributed by atoms with van der Waals surface area (Å²) in [6.45, 7) is 14.7. The molecule has 2 N–H and O–H groups in total. The minimum Gasteiger partial charge on any atom is -0.490 e. The Morgan fingerprint density at radius 3 is 2.42 bits per heavy atom. The number of hydrogen-bond donors (Lipinski definition) is 1. The molecule has 1 aromatic carbocycles. The third kappa shape index (κ3) is 4.41. The van der Waals surface area contributed by atoms with Crippen LogP contribution < -0.4 is 15.2 Å². The van der Waals surface area contributed by atoms with E-state index in [2.05, 4.69) is 35.8 Å². The van der Waals surface area contributed by atoms with Gasteiger partial charge in [0.05, 0.1) is 13.2 Å². The summed E-state index contributed by atoms with van der Waals surface area (Å²) < 4.78 is 11.4. The molecule has 0 aromatic heterocycles. The molecule has 0 radical (unpaired) electrons. The van der Waals surface area contributed by atoms with Crippen molar-refractivity contribution in [3.05, 3.63) is 23.8 Å². The maximum atomic E-state index is 6.14. The number of hydrogen-bond acceptors (Lipinski definition) is 5. The lowest BCUT2D eigenvalue weighted by Crippen LogP contribution is -2.53. The van der Waals surface area contributed by atoms with Crippen LogP contribution in [-0.2, 0) is 0 Å². The minimum atomic E-state index is 0.223. The van der Waals surface area contributed by atoms with Gasteiger partial charge in [0.1, 0.15) is 0 Å².